The quantitative estimate of drug-likeness (QED) is 0.810. The van der Waals surface area contributed by atoms with Gasteiger partial charge in [0.15, 0.2) is 0 Å². The zero-order chi connectivity index (χ0) is 11.8. The summed E-state index contributed by atoms with van der Waals surface area (Å²) in [5.74, 6) is 0.812. The minimum Gasteiger partial charge on any atom is -0.351 e. The molecule has 86 valence electrons. The highest BCUT2D eigenvalue weighted by Gasteiger charge is 2.44. The van der Waals surface area contributed by atoms with Gasteiger partial charge in [-0.25, -0.2) is 0 Å². The zero-order valence-electron chi connectivity index (χ0n) is 10.2. The molecule has 0 aromatic heterocycles. The molecule has 16 heavy (non-hydrogen) atoms. The SMILES string of the molecule is CC(C)(C)NC(=O)[C@@H]1C[C@H]1c1ccccc1. The summed E-state index contributed by atoms with van der Waals surface area (Å²) >= 11 is 0. The molecule has 0 heterocycles. The van der Waals surface area contributed by atoms with Crippen molar-refractivity contribution in [3.63, 3.8) is 0 Å². The van der Waals surface area contributed by atoms with E-state index in [0.29, 0.717) is 5.92 Å². The van der Waals surface area contributed by atoms with Crippen molar-refractivity contribution in [1.82, 2.24) is 5.32 Å². The Kier molecular flexibility index (Phi) is 2.75. The number of hydrogen-bond donors (Lipinski definition) is 1. The molecule has 2 atom stereocenters. The molecule has 0 spiro atoms. The highest BCUT2D eigenvalue weighted by Crippen LogP contribution is 2.47. The summed E-state index contributed by atoms with van der Waals surface area (Å²) in [6.07, 6.45) is 0.992. The highest BCUT2D eigenvalue weighted by atomic mass is 16.2. The first-order chi connectivity index (χ1) is 7.47. The van der Waals surface area contributed by atoms with E-state index in [1.54, 1.807) is 0 Å². The van der Waals surface area contributed by atoms with Gasteiger partial charge in [0.1, 0.15) is 0 Å². The van der Waals surface area contributed by atoms with Gasteiger partial charge < -0.3 is 5.32 Å². The largest absolute Gasteiger partial charge is 0.351 e. The maximum atomic E-state index is 11.9. The van der Waals surface area contributed by atoms with Gasteiger partial charge in [0.25, 0.3) is 0 Å². The van der Waals surface area contributed by atoms with Crippen molar-refractivity contribution >= 4 is 5.91 Å². The molecule has 1 fully saturated rings. The van der Waals surface area contributed by atoms with Gasteiger partial charge in [-0.2, -0.15) is 0 Å². The number of rotatable bonds is 2. The van der Waals surface area contributed by atoms with Crippen LogP contribution in [0.4, 0.5) is 0 Å². The predicted octanol–water partition coefficient (Wildman–Crippen LogP) is 2.70. The Balaban J connectivity index is 1.95. The number of nitrogens with one attached hydrogen (secondary N) is 1. The minimum absolute atomic E-state index is 0.124. The van der Waals surface area contributed by atoms with Crippen LogP contribution in [0.25, 0.3) is 0 Å². The van der Waals surface area contributed by atoms with E-state index in [4.69, 9.17) is 0 Å². The summed E-state index contributed by atoms with van der Waals surface area (Å²) in [6.45, 7) is 6.06. The molecule has 1 aromatic carbocycles. The smallest absolute Gasteiger partial charge is 0.224 e. The summed E-state index contributed by atoms with van der Waals surface area (Å²) in [7, 11) is 0. The third-order valence-electron chi connectivity index (χ3n) is 2.85. The van der Waals surface area contributed by atoms with Crippen LogP contribution in [0.5, 0.6) is 0 Å². The molecule has 1 amide bonds. The lowest BCUT2D eigenvalue weighted by molar-refractivity contribution is -0.123. The number of carbonyl (C=O) groups is 1. The monoisotopic (exact) mass is 217 g/mol. The molecular weight excluding hydrogens is 198 g/mol. The van der Waals surface area contributed by atoms with Crippen molar-refractivity contribution in [3.8, 4) is 0 Å². The summed E-state index contributed by atoms with van der Waals surface area (Å²) in [5.41, 5.74) is 1.16. The third kappa shape index (κ3) is 2.63. The second-order valence-electron chi connectivity index (χ2n) is 5.60. The van der Waals surface area contributed by atoms with Gasteiger partial charge in [-0.15, -0.1) is 0 Å². The van der Waals surface area contributed by atoms with Crippen LogP contribution in [0.1, 0.15) is 38.7 Å². The molecule has 2 heteroatoms. The predicted molar refractivity (Wildman–Crippen MR) is 65.2 cm³/mol. The van der Waals surface area contributed by atoms with E-state index in [1.807, 2.05) is 39.0 Å². The highest BCUT2D eigenvalue weighted by molar-refractivity contribution is 5.83. The van der Waals surface area contributed by atoms with E-state index in [-0.39, 0.29) is 17.4 Å². The molecule has 1 aliphatic rings. The van der Waals surface area contributed by atoms with Crippen LogP contribution in [0.15, 0.2) is 30.3 Å². The normalized spacial score (nSPS) is 23.9. The first-order valence-electron chi connectivity index (χ1n) is 5.84. The maximum Gasteiger partial charge on any atom is 0.224 e. The molecule has 0 bridgehead atoms. The van der Waals surface area contributed by atoms with Crippen LogP contribution < -0.4 is 5.32 Å². The van der Waals surface area contributed by atoms with Crippen molar-refractivity contribution in [1.29, 1.82) is 0 Å². The molecule has 0 unspecified atom stereocenters. The number of hydrogen-bond acceptors (Lipinski definition) is 1. The average Bonchev–Trinajstić information content (AvgIpc) is 2.96. The van der Waals surface area contributed by atoms with Gasteiger partial charge in [0.2, 0.25) is 5.91 Å². The Morgan fingerprint density at radius 2 is 1.88 bits per heavy atom. The van der Waals surface area contributed by atoms with E-state index in [9.17, 15) is 4.79 Å². The maximum absolute atomic E-state index is 11.9. The fourth-order valence-electron chi connectivity index (χ4n) is 2.02. The van der Waals surface area contributed by atoms with E-state index in [1.165, 1.54) is 5.56 Å². The number of carbonyl (C=O) groups excluding carboxylic acids is 1. The van der Waals surface area contributed by atoms with Crippen molar-refractivity contribution in [2.75, 3.05) is 0 Å². The third-order valence-corrected chi connectivity index (χ3v) is 2.85. The van der Waals surface area contributed by atoms with Gasteiger partial charge in [0.05, 0.1) is 0 Å². The number of benzene rings is 1. The van der Waals surface area contributed by atoms with E-state index < -0.39 is 0 Å². The molecule has 0 aliphatic heterocycles. The van der Waals surface area contributed by atoms with Crippen LogP contribution in [0.3, 0.4) is 0 Å². The Morgan fingerprint density at radius 1 is 1.25 bits per heavy atom. The van der Waals surface area contributed by atoms with Crippen LogP contribution in [-0.2, 0) is 4.79 Å². The fourth-order valence-corrected chi connectivity index (χ4v) is 2.02. The van der Waals surface area contributed by atoms with Crippen LogP contribution in [0.2, 0.25) is 0 Å². The molecule has 0 saturated heterocycles. The minimum atomic E-state index is -0.124. The van der Waals surface area contributed by atoms with Crippen molar-refractivity contribution in [3.05, 3.63) is 35.9 Å². The molecule has 1 aliphatic carbocycles. The van der Waals surface area contributed by atoms with Crippen LogP contribution in [-0.4, -0.2) is 11.4 Å². The lowest BCUT2D eigenvalue weighted by Gasteiger charge is -2.20. The molecule has 2 nitrogen and oxygen atoms in total. The number of amides is 1. The summed E-state index contributed by atoms with van der Waals surface area (Å²) in [6, 6.07) is 10.3. The topological polar surface area (TPSA) is 29.1 Å². The lowest BCUT2D eigenvalue weighted by Crippen LogP contribution is -2.41. The molecule has 1 saturated carbocycles. The van der Waals surface area contributed by atoms with Crippen molar-refractivity contribution in [2.24, 2.45) is 5.92 Å². The molecular formula is C14H19NO. The Bertz CT molecular complexity index is 377. The van der Waals surface area contributed by atoms with Crippen LogP contribution >= 0.6 is 0 Å². The standard InChI is InChI=1S/C14H19NO/c1-14(2,3)15-13(16)12-9-11(12)10-7-5-4-6-8-10/h4-8,11-12H,9H2,1-3H3,(H,15,16)/t11-,12+/m0/s1. The second kappa shape index (κ2) is 3.93. The van der Waals surface area contributed by atoms with Crippen LogP contribution in [0, 0.1) is 5.92 Å². The van der Waals surface area contributed by atoms with Gasteiger partial charge in [-0.05, 0) is 38.7 Å². The van der Waals surface area contributed by atoms with Crippen molar-refractivity contribution in [2.45, 2.75) is 38.6 Å². The Morgan fingerprint density at radius 3 is 2.44 bits per heavy atom. The summed E-state index contributed by atoms with van der Waals surface area (Å²) in [5, 5.41) is 3.04. The first kappa shape index (κ1) is 11.2. The molecule has 1 aromatic rings. The van der Waals surface area contributed by atoms with Gasteiger partial charge in [-0.1, -0.05) is 30.3 Å². The van der Waals surface area contributed by atoms with E-state index in [2.05, 4.69) is 17.4 Å². The van der Waals surface area contributed by atoms with Crippen molar-refractivity contribution < 1.29 is 4.79 Å². The van der Waals surface area contributed by atoms with Gasteiger partial charge >= 0.3 is 0 Å². The zero-order valence-corrected chi connectivity index (χ0v) is 10.2. The van der Waals surface area contributed by atoms with Gasteiger partial charge in [0, 0.05) is 11.5 Å². The molecule has 2 rings (SSSR count). The van der Waals surface area contributed by atoms with E-state index in [0.717, 1.165) is 6.42 Å². The first-order valence-corrected chi connectivity index (χ1v) is 5.84. The second-order valence-corrected chi connectivity index (χ2v) is 5.60. The lowest BCUT2D eigenvalue weighted by atomic mass is 10.1. The molecule has 1 N–H and O–H groups in total. The Hall–Kier alpha value is -1.31. The molecule has 0 radical (unpaired) electrons. The average molecular weight is 217 g/mol. The summed E-state index contributed by atoms with van der Waals surface area (Å²) in [4.78, 5) is 11.9. The summed E-state index contributed by atoms with van der Waals surface area (Å²) < 4.78 is 0. The fraction of sp³-hybridized carbons (Fsp3) is 0.500. The Labute approximate surface area is 97.1 Å². The van der Waals surface area contributed by atoms with Gasteiger partial charge in [-0.3, -0.25) is 4.79 Å². The van der Waals surface area contributed by atoms with E-state index >= 15 is 0 Å².